The molecule has 0 aliphatic carbocycles. The Bertz CT molecular complexity index is 761. The standard InChI is InChI=1S/C19H23ClN4O/c1-13(25)24-10-4-5-15(12-24)18-17(11-21-19(22-18)23(2)3)14-6-8-16(20)9-7-14/h6-9,11,15H,4-5,10,12H2,1-3H3/t15-/m1/s1. The van der Waals surface area contributed by atoms with Crippen molar-refractivity contribution in [1.29, 1.82) is 0 Å². The number of anilines is 1. The number of likely N-dealkylation sites (tertiary alicyclic amines) is 1. The van der Waals surface area contributed by atoms with Crippen molar-refractivity contribution in [3.05, 3.63) is 41.2 Å². The Labute approximate surface area is 153 Å². The molecule has 132 valence electrons. The molecule has 0 bridgehead atoms. The Hall–Kier alpha value is -2.14. The molecule has 0 saturated carbocycles. The molecule has 1 aromatic heterocycles. The number of hydrogen-bond donors (Lipinski definition) is 0. The third-order valence-corrected chi connectivity index (χ3v) is 4.87. The summed E-state index contributed by atoms with van der Waals surface area (Å²) in [5.41, 5.74) is 3.06. The second-order valence-corrected chi connectivity index (χ2v) is 7.11. The van der Waals surface area contributed by atoms with Gasteiger partial charge in [0.25, 0.3) is 0 Å². The third-order valence-electron chi connectivity index (χ3n) is 4.61. The van der Waals surface area contributed by atoms with E-state index in [0.717, 1.165) is 36.2 Å². The minimum atomic E-state index is 0.125. The zero-order valence-corrected chi connectivity index (χ0v) is 15.6. The van der Waals surface area contributed by atoms with Crippen LogP contribution in [0.1, 0.15) is 31.4 Å². The summed E-state index contributed by atoms with van der Waals surface area (Å²) in [5.74, 6) is 1.03. The fourth-order valence-electron chi connectivity index (χ4n) is 3.25. The summed E-state index contributed by atoms with van der Waals surface area (Å²) in [6.07, 6.45) is 3.90. The average molecular weight is 359 g/mol. The first-order valence-corrected chi connectivity index (χ1v) is 8.89. The molecule has 6 heteroatoms. The van der Waals surface area contributed by atoms with E-state index in [-0.39, 0.29) is 11.8 Å². The second-order valence-electron chi connectivity index (χ2n) is 6.67. The Morgan fingerprint density at radius 1 is 1.28 bits per heavy atom. The van der Waals surface area contributed by atoms with Gasteiger partial charge in [0.05, 0.1) is 5.69 Å². The number of aromatic nitrogens is 2. The summed E-state index contributed by atoms with van der Waals surface area (Å²) in [6.45, 7) is 3.17. The van der Waals surface area contributed by atoms with E-state index in [9.17, 15) is 4.79 Å². The molecule has 1 saturated heterocycles. The maximum absolute atomic E-state index is 11.8. The van der Waals surface area contributed by atoms with E-state index >= 15 is 0 Å². The van der Waals surface area contributed by atoms with Gasteiger partial charge in [-0.05, 0) is 30.5 Å². The molecule has 1 aromatic carbocycles. The molecule has 0 unspecified atom stereocenters. The van der Waals surface area contributed by atoms with Gasteiger partial charge >= 0.3 is 0 Å². The Morgan fingerprint density at radius 2 is 2.00 bits per heavy atom. The summed E-state index contributed by atoms with van der Waals surface area (Å²) in [7, 11) is 3.87. The van der Waals surface area contributed by atoms with Gasteiger partial charge in [-0.25, -0.2) is 9.97 Å². The molecular weight excluding hydrogens is 336 g/mol. The van der Waals surface area contributed by atoms with Gasteiger partial charge in [0.15, 0.2) is 0 Å². The van der Waals surface area contributed by atoms with Gasteiger partial charge in [0, 0.05) is 56.8 Å². The number of piperidine rings is 1. The predicted molar refractivity (Wildman–Crippen MR) is 101 cm³/mol. The van der Waals surface area contributed by atoms with E-state index in [1.165, 1.54) is 0 Å². The van der Waals surface area contributed by atoms with Crippen LogP contribution in [-0.2, 0) is 4.79 Å². The van der Waals surface area contributed by atoms with Crippen LogP contribution in [0.4, 0.5) is 5.95 Å². The molecule has 1 fully saturated rings. The highest BCUT2D eigenvalue weighted by molar-refractivity contribution is 6.30. The number of hydrogen-bond acceptors (Lipinski definition) is 4. The number of nitrogens with zero attached hydrogens (tertiary/aromatic N) is 4. The van der Waals surface area contributed by atoms with Crippen molar-refractivity contribution < 1.29 is 4.79 Å². The SMILES string of the molecule is CC(=O)N1CCC[C@@H](c2nc(N(C)C)ncc2-c2ccc(Cl)cc2)C1. The Kier molecular flexibility index (Phi) is 5.23. The molecule has 1 aliphatic rings. The highest BCUT2D eigenvalue weighted by Crippen LogP contribution is 2.34. The van der Waals surface area contributed by atoms with E-state index in [4.69, 9.17) is 16.6 Å². The third kappa shape index (κ3) is 3.93. The van der Waals surface area contributed by atoms with Gasteiger partial charge in [-0.1, -0.05) is 23.7 Å². The molecule has 0 N–H and O–H groups in total. The van der Waals surface area contributed by atoms with Gasteiger partial charge in [-0.2, -0.15) is 0 Å². The minimum Gasteiger partial charge on any atom is -0.347 e. The molecule has 3 rings (SSSR count). The van der Waals surface area contributed by atoms with Crippen LogP contribution in [0.25, 0.3) is 11.1 Å². The van der Waals surface area contributed by atoms with Gasteiger partial charge in [0.2, 0.25) is 11.9 Å². The number of halogens is 1. The summed E-state index contributed by atoms with van der Waals surface area (Å²) in [6, 6.07) is 7.74. The predicted octanol–water partition coefficient (Wildman–Crippen LogP) is 3.59. The van der Waals surface area contributed by atoms with Crippen molar-refractivity contribution in [2.45, 2.75) is 25.7 Å². The van der Waals surface area contributed by atoms with Gasteiger partial charge in [0.1, 0.15) is 0 Å². The zero-order valence-electron chi connectivity index (χ0n) is 14.9. The highest BCUT2D eigenvalue weighted by atomic mass is 35.5. The maximum Gasteiger partial charge on any atom is 0.225 e. The normalized spacial score (nSPS) is 17.4. The van der Waals surface area contributed by atoms with Crippen LogP contribution in [0.5, 0.6) is 0 Å². The van der Waals surface area contributed by atoms with Crippen molar-refractivity contribution in [1.82, 2.24) is 14.9 Å². The number of carbonyl (C=O) groups excluding carboxylic acids is 1. The van der Waals surface area contributed by atoms with Crippen LogP contribution in [0.3, 0.4) is 0 Å². The molecule has 1 atom stereocenters. The lowest BCUT2D eigenvalue weighted by molar-refractivity contribution is -0.130. The first kappa shape index (κ1) is 17.7. The maximum atomic E-state index is 11.8. The summed E-state index contributed by atoms with van der Waals surface area (Å²) >= 11 is 6.03. The van der Waals surface area contributed by atoms with Crippen LogP contribution in [0.15, 0.2) is 30.5 Å². The average Bonchev–Trinajstić information content (AvgIpc) is 2.62. The molecule has 25 heavy (non-hydrogen) atoms. The van der Waals surface area contributed by atoms with Crippen molar-refractivity contribution in [2.75, 3.05) is 32.1 Å². The highest BCUT2D eigenvalue weighted by Gasteiger charge is 2.27. The van der Waals surface area contributed by atoms with Gasteiger partial charge in [-0.3, -0.25) is 4.79 Å². The van der Waals surface area contributed by atoms with Gasteiger partial charge in [-0.15, -0.1) is 0 Å². The smallest absolute Gasteiger partial charge is 0.225 e. The fourth-order valence-corrected chi connectivity index (χ4v) is 3.38. The number of amides is 1. The van der Waals surface area contributed by atoms with Crippen LogP contribution < -0.4 is 4.90 Å². The molecule has 5 nitrogen and oxygen atoms in total. The van der Waals surface area contributed by atoms with Crippen LogP contribution in [0.2, 0.25) is 5.02 Å². The van der Waals surface area contributed by atoms with E-state index in [2.05, 4.69) is 4.98 Å². The molecule has 1 amide bonds. The van der Waals surface area contributed by atoms with E-state index in [1.54, 1.807) is 6.92 Å². The zero-order chi connectivity index (χ0) is 18.0. The van der Waals surface area contributed by atoms with Crippen molar-refractivity contribution >= 4 is 23.5 Å². The van der Waals surface area contributed by atoms with E-state index < -0.39 is 0 Å². The fraction of sp³-hybridized carbons (Fsp3) is 0.421. The van der Waals surface area contributed by atoms with Crippen molar-refractivity contribution in [2.24, 2.45) is 0 Å². The van der Waals surface area contributed by atoms with E-state index in [1.807, 2.05) is 54.4 Å². The molecule has 0 radical (unpaired) electrons. The van der Waals surface area contributed by atoms with Crippen LogP contribution in [-0.4, -0.2) is 48.0 Å². The second kappa shape index (κ2) is 7.40. The minimum absolute atomic E-state index is 0.125. The molecule has 1 aliphatic heterocycles. The lowest BCUT2D eigenvalue weighted by atomic mass is 9.90. The summed E-state index contributed by atoms with van der Waals surface area (Å²) in [4.78, 5) is 25.0. The molecule has 0 spiro atoms. The molecule has 2 aromatic rings. The first-order chi connectivity index (χ1) is 12.0. The quantitative estimate of drug-likeness (QED) is 0.841. The molecule has 2 heterocycles. The largest absolute Gasteiger partial charge is 0.347 e. The Morgan fingerprint density at radius 3 is 2.64 bits per heavy atom. The molecular formula is C19H23ClN4O. The lowest BCUT2D eigenvalue weighted by Gasteiger charge is -2.32. The van der Waals surface area contributed by atoms with E-state index in [0.29, 0.717) is 17.5 Å². The monoisotopic (exact) mass is 358 g/mol. The number of benzene rings is 1. The first-order valence-electron chi connectivity index (χ1n) is 8.51. The Balaban J connectivity index is 2.03. The number of rotatable bonds is 3. The number of carbonyl (C=O) groups is 1. The van der Waals surface area contributed by atoms with Gasteiger partial charge < -0.3 is 9.80 Å². The van der Waals surface area contributed by atoms with Crippen molar-refractivity contribution in [3.8, 4) is 11.1 Å². The summed E-state index contributed by atoms with van der Waals surface area (Å²) in [5, 5.41) is 0.705. The topological polar surface area (TPSA) is 49.3 Å². The van der Waals surface area contributed by atoms with Crippen molar-refractivity contribution in [3.63, 3.8) is 0 Å². The lowest BCUT2D eigenvalue weighted by Crippen LogP contribution is -2.38. The van der Waals surface area contributed by atoms with Crippen LogP contribution in [0, 0.1) is 0 Å². The van der Waals surface area contributed by atoms with Crippen LogP contribution >= 0.6 is 11.6 Å². The summed E-state index contributed by atoms with van der Waals surface area (Å²) < 4.78 is 0.